The number of nitrogens with zero attached hydrogens (tertiary/aromatic N) is 2. The summed E-state index contributed by atoms with van der Waals surface area (Å²) in [4.78, 5) is 20.7. The van der Waals surface area contributed by atoms with E-state index in [1.165, 1.54) is 0 Å². The van der Waals surface area contributed by atoms with Gasteiger partial charge in [-0.15, -0.1) is 11.3 Å². The van der Waals surface area contributed by atoms with Crippen molar-refractivity contribution in [1.29, 1.82) is 0 Å². The van der Waals surface area contributed by atoms with Crippen LogP contribution in [-0.4, -0.2) is 36.2 Å². The maximum Gasteiger partial charge on any atom is 0.412 e. The molecule has 164 valence electrons. The fraction of sp³-hybridized carbons (Fsp3) is 0.500. The number of benzene rings is 1. The van der Waals surface area contributed by atoms with E-state index >= 15 is 0 Å². The number of aliphatic imine (C=N–C) groups is 1. The van der Waals surface area contributed by atoms with Crippen molar-refractivity contribution in [2.75, 3.05) is 18.9 Å². The first kappa shape index (κ1) is 23.7. The predicted molar refractivity (Wildman–Crippen MR) is 124 cm³/mol. The van der Waals surface area contributed by atoms with Crippen LogP contribution in [0.3, 0.4) is 0 Å². The molecule has 2 aromatic rings. The minimum absolute atomic E-state index is 0.451. The van der Waals surface area contributed by atoms with E-state index < -0.39 is 11.7 Å². The first-order valence-electron chi connectivity index (χ1n) is 10.1. The maximum absolute atomic E-state index is 11.8. The van der Waals surface area contributed by atoms with Gasteiger partial charge in [-0.1, -0.05) is 26.0 Å². The van der Waals surface area contributed by atoms with Gasteiger partial charge in [-0.2, -0.15) is 0 Å². The van der Waals surface area contributed by atoms with Crippen LogP contribution in [-0.2, 0) is 17.7 Å². The number of hydrogen-bond donors (Lipinski definition) is 3. The minimum atomic E-state index is -0.515. The Kier molecular flexibility index (Phi) is 8.65. The van der Waals surface area contributed by atoms with E-state index in [9.17, 15) is 4.79 Å². The number of aromatic nitrogens is 1. The number of rotatable bonds is 7. The van der Waals surface area contributed by atoms with Crippen LogP contribution < -0.4 is 16.0 Å². The van der Waals surface area contributed by atoms with E-state index in [0.717, 1.165) is 35.2 Å². The van der Waals surface area contributed by atoms with Crippen molar-refractivity contribution in [3.8, 4) is 0 Å². The first-order chi connectivity index (χ1) is 14.2. The van der Waals surface area contributed by atoms with E-state index in [4.69, 9.17) is 4.74 Å². The van der Waals surface area contributed by atoms with Crippen LogP contribution in [0.5, 0.6) is 0 Å². The molecule has 0 aliphatic heterocycles. The Hall–Kier alpha value is -2.61. The Bertz CT molecular complexity index is 838. The van der Waals surface area contributed by atoms with Gasteiger partial charge < -0.3 is 15.4 Å². The minimum Gasteiger partial charge on any atom is -0.444 e. The van der Waals surface area contributed by atoms with Crippen LogP contribution in [0.15, 0.2) is 34.6 Å². The summed E-state index contributed by atoms with van der Waals surface area (Å²) in [6.07, 6.45) is 0.383. The van der Waals surface area contributed by atoms with Gasteiger partial charge >= 0.3 is 6.09 Å². The molecule has 0 spiro atoms. The van der Waals surface area contributed by atoms with Crippen molar-refractivity contribution in [1.82, 2.24) is 15.6 Å². The molecule has 0 aliphatic rings. The van der Waals surface area contributed by atoms with Gasteiger partial charge in [0.15, 0.2) is 5.96 Å². The van der Waals surface area contributed by atoms with Gasteiger partial charge in [0.1, 0.15) is 5.60 Å². The standard InChI is InChI=1S/C22H33N5O2S/c1-15(2)19-26-18(14-30-19)13-25-20(23-6)24-12-11-16-7-9-17(10-8-16)27-21(28)29-22(3,4)5/h7-10,14-15H,11-13H2,1-6H3,(H,27,28)(H2,23,24,25). The Morgan fingerprint density at radius 3 is 2.47 bits per heavy atom. The summed E-state index contributed by atoms with van der Waals surface area (Å²) in [6.45, 7) is 11.2. The molecule has 3 N–H and O–H groups in total. The zero-order chi connectivity index (χ0) is 22.1. The third kappa shape index (κ3) is 8.41. The van der Waals surface area contributed by atoms with Crippen molar-refractivity contribution in [2.24, 2.45) is 4.99 Å². The Balaban J connectivity index is 1.74. The molecule has 0 aliphatic carbocycles. The number of anilines is 1. The normalized spacial score (nSPS) is 12.0. The third-order valence-electron chi connectivity index (χ3n) is 4.03. The topological polar surface area (TPSA) is 87.6 Å². The second-order valence-electron chi connectivity index (χ2n) is 8.26. The van der Waals surface area contributed by atoms with E-state index in [2.05, 4.69) is 45.2 Å². The zero-order valence-corrected chi connectivity index (χ0v) is 19.5. The molecule has 0 saturated carbocycles. The highest BCUT2D eigenvalue weighted by atomic mass is 32.1. The number of ether oxygens (including phenoxy) is 1. The fourth-order valence-electron chi connectivity index (χ4n) is 2.57. The number of nitrogens with one attached hydrogen (secondary N) is 3. The number of thiazole rings is 1. The van der Waals surface area contributed by atoms with E-state index in [1.807, 2.05) is 45.0 Å². The lowest BCUT2D eigenvalue weighted by atomic mass is 10.1. The molecule has 0 radical (unpaired) electrons. The number of hydrogen-bond acceptors (Lipinski definition) is 5. The number of carbonyl (C=O) groups is 1. The summed E-state index contributed by atoms with van der Waals surface area (Å²) in [7, 11) is 1.76. The van der Waals surface area contributed by atoms with Gasteiger partial charge in [0.2, 0.25) is 0 Å². The predicted octanol–water partition coefficient (Wildman–Crippen LogP) is 4.52. The van der Waals surface area contributed by atoms with Crippen LogP contribution in [0.2, 0.25) is 0 Å². The average molecular weight is 432 g/mol. The number of carbonyl (C=O) groups excluding carboxylic acids is 1. The second-order valence-corrected chi connectivity index (χ2v) is 9.15. The molecule has 0 bridgehead atoms. The summed E-state index contributed by atoms with van der Waals surface area (Å²) in [5.74, 6) is 1.20. The summed E-state index contributed by atoms with van der Waals surface area (Å²) < 4.78 is 5.26. The lowest BCUT2D eigenvalue weighted by Gasteiger charge is -2.19. The lowest BCUT2D eigenvalue weighted by molar-refractivity contribution is 0.0636. The lowest BCUT2D eigenvalue weighted by Crippen LogP contribution is -2.37. The van der Waals surface area contributed by atoms with Crippen LogP contribution >= 0.6 is 11.3 Å². The SMILES string of the molecule is CN=C(NCCc1ccc(NC(=O)OC(C)(C)C)cc1)NCc1csc(C(C)C)n1. The molecular weight excluding hydrogens is 398 g/mol. The smallest absolute Gasteiger partial charge is 0.412 e. The van der Waals surface area contributed by atoms with E-state index in [-0.39, 0.29) is 0 Å². The fourth-order valence-corrected chi connectivity index (χ4v) is 3.40. The van der Waals surface area contributed by atoms with Crippen molar-refractivity contribution < 1.29 is 9.53 Å². The van der Waals surface area contributed by atoms with Crippen molar-refractivity contribution >= 4 is 29.1 Å². The molecule has 0 fully saturated rings. The molecule has 8 heteroatoms. The van der Waals surface area contributed by atoms with E-state index in [0.29, 0.717) is 18.2 Å². The van der Waals surface area contributed by atoms with Crippen molar-refractivity contribution in [3.05, 3.63) is 45.9 Å². The first-order valence-corrected chi connectivity index (χ1v) is 11.0. The molecule has 1 aromatic carbocycles. The van der Waals surface area contributed by atoms with Gasteiger partial charge in [0.05, 0.1) is 17.2 Å². The Morgan fingerprint density at radius 1 is 1.20 bits per heavy atom. The van der Waals surface area contributed by atoms with Gasteiger partial charge in [0.25, 0.3) is 0 Å². The zero-order valence-electron chi connectivity index (χ0n) is 18.7. The summed E-state index contributed by atoms with van der Waals surface area (Å²) in [5, 5.41) is 12.6. The summed E-state index contributed by atoms with van der Waals surface area (Å²) in [5.41, 5.74) is 2.38. The molecule has 0 saturated heterocycles. The molecule has 2 rings (SSSR count). The number of amides is 1. The third-order valence-corrected chi connectivity index (χ3v) is 5.22. The van der Waals surface area contributed by atoms with Crippen LogP contribution in [0.1, 0.15) is 56.8 Å². The number of guanidine groups is 1. The molecule has 30 heavy (non-hydrogen) atoms. The van der Waals surface area contributed by atoms with Gasteiger partial charge in [-0.25, -0.2) is 9.78 Å². The second kappa shape index (κ2) is 11.0. The highest BCUT2D eigenvalue weighted by Gasteiger charge is 2.16. The molecule has 0 unspecified atom stereocenters. The highest BCUT2D eigenvalue weighted by molar-refractivity contribution is 7.09. The maximum atomic E-state index is 11.8. The van der Waals surface area contributed by atoms with Gasteiger partial charge in [-0.3, -0.25) is 10.3 Å². The molecule has 0 atom stereocenters. The van der Waals surface area contributed by atoms with Crippen LogP contribution in [0.4, 0.5) is 10.5 Å². The Morgan fingerprint density at radius 2 is 1.90 bits per heavy atom. The highest BCUT2D eigenvalue weighted by Crippen LogP contribution is 2.19. The van der Waals surface area contributed by atoms with Crippen molar-refractivity contribution in [2.45, 2.75) is 59.1 Å². The largest absolute Gasteiger partial charge is 0.444 e. The van der Waals surface area contributed by atoms with Crippen molar-refractivity contribution in [3.63, 3.8) is 0 Å². The summed E-state index contributed by atoms with van der Waals surface area (Å²) >= 11 is 1.69. The average Bonchev–Trinajstić information content (AvgIpc) is 3.13. The van der Waals surface area contributed by atoms with E-state index in [1.54, 1.807) is 18.4 Å². The molecule has 1 amide bonds. The Labute approximate surface area is 183 Å². The van der Waals surface area contributed by atoms with Gasteiger partial charge in [0, 0.05) is 30.6 Å². The molecular formula is C22H33N5O2S. The molecule has 1 heterocycles. The molecule has 7 nitrogen and oxygen atoms in total. The quantitative estimate of drug-likeness (QED) is 0.443. The summed E-state index contributed by atoms with van der Waals surface area (Å²) in [6, 6.07) is 7.74. The van der Waals surface area contributed by atoms with Crippen LogP contribution in [0, 0.1) is 0 Å². The van der Waals surface area contributed by atoms with Crippen LogP contribution in [0.25, 0.3) is 0 Å². The monoisotopic (exact) mass is 431 g/mol. The molecule has 1 aromatic heterocycles. The van der Waals surface area contributed by atoms with Gasteiger partial charge in [-0.05, 0) is 44.9 Å².